The van der Waals surface area contributed by atoms with Crippen LogP contribution in [0.5, 0.6) is 0 Å². The van der Waals surface area contributed by atoms with Crippen molar-refractivity contribution in [2.45, 2.75) is 151 Å². The van der Waals surface area contributed by atoms with Crippen LogP contribution in [0, 0.1) is 0 Å². The number of anilines is 1. The van der Waals surface area contributed by atoms with E-state index in [0.29, 0.717) is 31.1 Å². The van der Waals surface area contributed by atoms with Crippen LogP contribution in [-0.2, 0) is 11.2 Å². The number of allylic oxidation sites excluding steroid dienone is 2. The third-order valence-corrected chi connectivity index (χ3v) is 8.42. The first-order valence-corrected chi connectivity index (χ1v) is 19.8. The number of rotatable bonds is 23. The molecule has 0 heterocycles. The Kier molecular flexibility index (Phi) is 31.4. The number of hydrogen-bond acceptors (Lipinski definition) is 6. The number of carbonyl (C=O) groups is 1. The quantitative estimate of drug-likeness (QED) is 0.0341. The second-order valence-electron chi connectivity index (χ2n) is 13.6. The minimum absolute atomic E-state index is 0.0142. The monoisotopic (exact) mass is 740 g/mol. The Labute approximate surface area is 316 Å². The summed E-state index contributed by atoms with van der Waals surface area (Å²) in [7, 11) is 4.06. The molecule has 0 saturated heterocycles. The summed E-state index contributed by atoms with van der Waals surface area (Å²) in [6, 6.07) is 6.18. The Morgan fingerprint density at radius 1 is 0.904 bits per heavy atom. The topological polar surface area (TPSA) is 80.2 Å². The highest BCUT2D eigenvalue weighted by molar-refractivity contribution is 5.94. The van der Waals surface area contributed by atoms with E-state index in [9.17, 15) is 23.1 Å². The van der Waals surface area contributed by atoms with Gasteiger partial charge in [-0.25, -0.2) is 4.99 Å². The van der Waals surface area contributed by atoms with Gasteiger partial charge in [0.1, 0.15) is 12.1 Å². The van der Waals surface area contributed by atoms with E-state index in [1.807, 2.05) is 31.9 Å². The molecule has 7 nitrogen and oxygen atoms in total. The predicted molar refractivity (Wildman–Crippen MR) is 218 cm³/mol. The number of aliphatic hydroxyl groups is 1. The molecule has 0 aliphatic carbocycles. The normalized spacial score (nSPS) is 13.6. The standard InChI is InChI=1S/C29H47F3N4O.C7H17N.C6H12O/c1-8-12-13-28(34-18-25(37)20-36(7)16-9-2)26(29(30,31)32)19-33-22(6)35-27-15-14-24(21(5)10-3)17-23(27)11-4;1-4-6-8(3)7-5-2;1-2-3-4-5-6-7/h13-15,17,19,21,25,34,37H,8-12,16,18,20H2,1-7H3,(H,33,35);4-7H2,1-3H3;6H,2-5H2,1H3/b26-19+,28-13-;;. The zero-order chi connectivity index (χ0) is 40.0. The maximum absolute atomic E-state index is 14.1. The first-order chi connectivity index (χ1) is 24.7. The van der Waals surface area contributed by atoms with E-state index in [1.165, 1.54) is 50.4 Å². The van der Waals surface area contributed by atoms with E-state index >= 15 is 0 Å². The molecule has 1 rings (SSSR count). The largest absolute Gasteiger partial charge is 0.419 e. The van der Waals surface area contributed by atoms with Crippen LogP contribution in [0.25, 0.3) is 0 Å². The van der Waals surface area contributed by atoms with Gasteiger partial charge in [0.25, 0.3) is 0 Å². The Hall–Kier alpha value is -2.69. The lowest BCUT2D eigenvalue weighted by molar-refractivity contribution is -0.108. The number of halogens is 3. The summed E-state index contributed by atoms with van der Waals surface area (Å²) < 4.78 is 42.2. The van der Waals surface area contributed by atoms with E-state index in [1.54, 1.807) is 6.92 Å². The minimum Gasteiger partial charge on any atom is -0.390 e. The van der Waals surface area contributed by atoms with Crippen LogP contribution in [0.3, 0.4) is 0 Å². The molecule has 0 radical (unpaired) electrons. The van der Waals surface area contributed by atoms with Crippen molar-refractivity contribution < 1.29 is 23.1 Å². The molecule has 0 aliphatic rings. The molecule has 0 spiro atoms. The van der Waals surface area contributed by atoms with Gasteiger partial charge in [-0.2, -0.15) is 13.2 Å². The molecule has 0 aliphatic heterocycles. The van der Waals surface area contributed by atoms with Crippen molar-refractivity contribution in [3.05, 3.63) is 52.9 Å². The van der Waals surface area contributed by atoms with E-state index < -0.39 is 17.9 Å². The lowest BCUT2D eigenvalue weighted by Crippen LogP contribution is -2.37. The van der Waals surface area contributed by atoms with Gasteiger partial charge in [0.05, 0.1) is 11.7 Å². The highest BCUT2D eigenvalue weighted by Gasteiger charge is 2.36. The van der Waals surface area contributed by atoms with E-state index in [2.05, 4.69) is 81.2 Å². The number of amidine groups is 1. The average Bonchev–Trinajstić information content (AvgIpc) is 3.09. The molecular formula is C42H76F3N5O2. The fourth-order valence-electron chi connectivity index (χ4n) is 5.30. The molecule has 0 saturated carbocycles. The molecule has 2 unspecified atom stereocenters. The lowest BCUT2D eigenvalue weighted by Gasteiger charge is -2.22. The summed E-state index contributed by atoms with van der Waals surface area (Å²) in [6.45, 7) is 22.2. The van der Waals surface area contributed by atoms with Crippen LogP contribution < -0.4 is 10.6 Å². The molecule has 2 atom stereocenters. The second-order valence-corrected chi connectivity index (χ2v) is 13.6. The summed E-state index contributed by atoms with van der Waals surface area (Å²) in [6.07, 6.45) is 8.69. The van der Waals surface area contributed by atoms with Crippen LogP contribution in [0.2, 0.25) is 0 Å². The maximum atomic E-state index is 14.1. The Balaban J connectivity index is 0. The van der Waals surface area contributed by atoms with Crippen molar-refractivity contribution in [1.29, 1.82) is 0 Å². The molecule has 302 valence electrons. The molecule has 0 bridgehead atoms. The zero-order valence-electron chi connectivity index (χ0n) is 34.8. The summed E-state index contributed by atoms with van der Waals surface area (Å²) in [5, 5.41) is 16.3. The highest BCUT2D eigenvalue weighted by atomic mass is 19.4. The van der Waals surface area contributed by atoms with Gasteiger partial charge in [-0.05, 0) is 109 Å². The molecule has 0 amide bonds. The second kappa shape index (κ2) is 31.8. The summed E-state index contributed by atoms with van der Waals surface area (Å²) >= 11 is 0. The molecule has 1 aromatic rings. The zero-order valence-corrected chi connectivity index (χ0v) is 34.8. The van der Waals surface area contributed by atoms with Crippen molar-refractivity contribution in [2.24, 2.45) is 4.99 Å². The number of aryl methyl sites for hydroxylation is 1. The number of likely N-dealkylation sites (N-methyl/N-ethyl adjacent to an activating group) is 1. The number of unbranched alkanes of at least 4 members (excludes halogenated alkanes) is 4. The molecule has 3 N–H and O–H groups in total. The van der Waals surface area contributed by atoms with E-state index in [0.717, 1.165) is 62.4 Å². The van der Waals surface area contributed by atoms with Crippen molar-refractivity contribution in [1.82, 2.24) is 15.1 Å². The molecular weight excluding hydrogens is 663 g/mol. The van der Waals surface area contributed by atoms with Gasteiger partial charge in [-0.3, -0.25) is 0 Å². The van der Waals surface area contributed by atoms with Crippen LogP contribution in [0.1, 0.15) is 144 Å². The van der Waals surface area contributed by atoms with Crippen molar-refractivity contribution in [3.8, 4) is 0 Å². The number of benzene rings is 1. The van der Waals surface area contributed by atoms with Crippen molar-refractivity contribution in [2.75, 3.05) is 52.1 Å². The third-order valence-electron chi connectivity index (χ3n) is 8.42. The predicted octanol–water partition coefficient (Wildman–Crippen LogP) is 10.5. The van der Waals surface area contributed by atoms with Gasteiger partial charge < -0.3 is 30.3 Å². The van der Waals surface area contributed by atoms with Gasteiger partial charge in [0.15, 0.2) is 0 Å². The smallest absolute Gasteiger partial charge is 0.390 e. The SMILES string of the molecule is CCC/C=C(NCC(O)CN(C)CCC)/C(=C\N=C(C)Nc1ccc(C(C)CC)cc1CC)C(F)(F)F.CCCCCC=O.CCCN(C)CCC. The minimum atomic E-state index is -4.60. The van der Waals surface area contributed by atoms with Crippen LogP contribution in [-0.4, -0.2) is 86.1 Å². The molecule has 52 heavy (non-hydrogen) atoms. The number of aliphatic imine (C=N–C) groups is 1. The number of aldehydes is 1. The van der Waals surface area contributed by atoms with Gasteiger partial charge >= 0.3 is 6.18 Å². The van der Waals surface area contributed by atoms with Crippen LogP contribution >= 0.6 is 0 Å². The lowest BCUT2D eigenvalue weighted by atomic mass is 9.95. The summed E-state index contributed by atoms with van der Waals surface area (Å²) in [5.41, 5.74) is 2.27. The Bertz CT molecular complexity index is 1130. The van der Waals surface area contributed by atoms with Gasteiger partial charge in [0.2, 0.25) is 0 Å². The van der Waals surface area contributed by atoms with Crippen molar-refractivity contribution >= 4 is 17.8 Å². The first kappa shape index (κ1) is 51.4. The van der Waals surface area contributed by atoms with Crippen molar-refractivity contribution in [3.63, 3.8) is 0 Å². The van der Waals surface area contributed by atoms with Gasteiger partial charge in [-0.15, -0.1) is 0 Å². The first-order valence-electron chi connectivity index (χ1n) is 19.8. The van der Waals surface area contributed by atoms with Crippen LogP contribution in [0.4, 0.5) is 18.9 Å². The summed E-state index contributed by atoms with van der Waals surface area (Å²) in [5.74, 6) is 0.807. The molecule has 10 heteroatoms. The number of alkyl halides is 3. The highest BCUT2D eigenvalue weighted by Crippen LogP contribution is 2.31. The molecule has 1 aromatic carbocycles. The van der Waals surface area contributed by atoms with Gasteiger partial charge in [0, 0.05) is 37.1 Å². The molecule has 0 aromatic heterocycles. The average molecular weight is 740 g/mol. The number of nitrogens with one attached hydrogen (secondary N) is 2. The number of carbonyl (C=O) groups excluding carboxylic acids is 1. The number of aliphatic hydroxyl groups excluding tert-OH is 1. The van der Waals surface area contributed by atoms with E-state index in [-0.39, 0.29) is 12.2 Å². The fourth-order valence-corrected chi connectivity index (χ4v) is 5.30. The number of nitrogens with zero attached hydrogens (tertiary/aromatic N) is 3. The third kappa shape index (κ3) is 25.3. The summed E-state index contributed by atoms with van der Waals surface area (Å²) in [4.78, 5) is 18.1. The Morgan fingerprint density at radius 2 is 1.52 bits per heavy atom. The van der Waals surface area contributed by atoms with E-state index in [4.69, 9.17) is 0 Å². The number of hydrogen-bond donors (Lipinski definition) is 3. The van der Waals surface area contributed by atoms with Gasteiger partial charge in [-0.1, -0.05) is 92.9 Å². The molecule has 0 fully saturated rings. The fraction of sp³-hybridized carbons (Fsp3) is 0.714. The van der Waals surface area contributed by atoms with Crippen LogP contribution in [0.15, 0.2) is 46.7 Å². The Morgan fingerprint density at radius 3 is 2.02 bits per heavy atom. The maximum Gasteiger partial charge on any atom is 0.419 e.